The van der Waals surface area contributed by atoms with Crippen LogP contribution in [0, 0.1) is 0 Å². The second kappa shape index (κ2) is 5.28. The van der Waals surface area contributed by atoms with Gasteiger partial charge in [-0.1, -0.05) is 39.0 Å². The van der Waals surface area contributed by atoms with Gasteiger partial charge in [0.15, 0.2) is 0 Å². The number of anilines is 3. The van der Waals surface area contributed by atoms with Crippen LogP contribution in [0.3, 0.4) is 0 Å². The Labute approximate surface area is 114 Å². The van der Waals surface area contributed by atoms with Gasteiger partial charge in [-0.3, -0.25) is 0 Å². The SMILES string of the molecule is CC(C)(C)c1ccc(Nc2cccc(NN)n2)cc1. The Morgan fingerprint density at radius 1 is 0.947 bits per heavy atom. The molecule has 4 heteroatoms. The van der Waals surface area contributed by atoms with Crippen molar-refractivity contribution in [3.05, 3.63) is 48.0 Å². The number of nitrogens with zero attached hydrogens (tertiary/aromatic N) is 1. The van der Waals surface area contributed by atoms with Gasteiger partial charge in [-0.15, -0.1) is 0 Å². The van der Waals surface area contributed by atoms with Gasteiger partial charge in [0, 0.05) is 5.69 Å². The fourth-order valence-electron chi connectivity index (χ4n) is 1.79. The highest BCUT2D eigenvalue weighted by molar-refractivity contribution is 5.58. The molecule has 0 radical (unpaired) electrons. The normalized spacial score (nSPS) is 11.2. The van der Waals surface area contributed by atoms with Gasteiger partial charge in [0.2, 0.25) is 0 Å². The molecule has 0 spiro atoms. The van der Waals surface area contributed by atoms with E-state index in [1.807, 2.05) is 18.2 Å². The number of nitrogens with one attached hydrogen (secondary N) is 2. The lowest BCUT2D eigenvalue weighted by Gasteiger charge is -2.19. The molecule has 100 valence electrons. The van der Waals surface area contributed by atoms with Gasteiger partial charge in [-0.2, -0.15) is 0 Å². The largest absolute Gasteiger partial charge is 0.340 e. The Bertz CT molecular complexity index is 541. The maximum Gasteiger partial charge on any atom is 0.142 e. The van der Waals surface area contributed by atoms with Crippen LogP contribution in [0.1, 0.15) is 26.3 Å². The molecule has 0 fully saturated rings. The summed E-state index contributed by atoms with van der Waals surface area (Å²) in [5, 5.41) is 3.25. The number of pyridine rings is 1. The number of nitrogen functional groups attached to an aromatic ring is 1. The summed E-state index contributed by atoms with van der Waals surface area (Å²) in [5.41, 5.74) is 5.02. The lowest BCUT2D eigenvalue weighted by Crippen LogP contribution is -2.10. The van der Waals surface area contributed by atoms with Gasteiger partial charge < -0.3 is 10.7 Å². The summed E-state index contributed by atoms with van der Waals surface area (Å²) in [6, 6.07) is 14.0. The van der Waals surface area contributed by atoms with E-state index in [-0.39, 0.29) is 5.41 Å². The minimum Gasteiger partial charge on any atom is -0.340 e. The van der Waals surface area contributed by atoms with Gasteiger partial charge in [-0.05, 0) is 35.2 Å². The number of hydrogen-bond donors (Lipinski definition) is 3. The summed E-state index contributed by atoms with van der Waals surface area (Å²) in [4.78, 5) is 4.31. The van der Waals surface area contributed by atoms with Crippen LogP contribution in [0.2, 0.25) is 0 Å². The zero-order valence-electron chi connectivity index (χ0n) is 11.6. The summed E-state index contributed by atoms with van der Waals surface area (Å²) in [7, 11) is 0. The minimum atomic E-state index is 0.167. The van der Waals surface area contributed by atoms with Crippen LogP contribution in [0.15, 0.2) is 42.5 Å². The molecule has 4 N–H and O–H groups in total. The summed E-state index contributed by atoms with van der Waals surface area (Å²) in [5.74, 6) is 6.74. The highest BCUT2D eigenvalue weighted by Gasteiger charge is 2.12. The van der Waals surface area contributed by atoms with Gasteiger partial charge in [0.25, 0.3) is 0 Å². The highest BCUT2D eigenvalue weighted by atomic mass is 15.3. The lowest BCUT2D eigenvalue weighted by atomic mass is 9.87. The van der Waals surface area contributed by atoms with Crippen molar-refractivity contribution in [3.63, 3.8) is 0 Å². The second-order valence-electron chi connectivity index (χ2n) is 5.50. The van der Waals surface area contributed by atoms with Crippen LogP contribution >= 0.6 is 0 Å². The molecule has 4 nitrogen and oxygen atoms in total. The predicted octanol–water partition coefficient (Wildman–Crippen LogP) is 3.41. The molecule has 0 aliphatic carbocycles. The highest BCUT2D eigenvalue weighted by Crippen LogP contribution is 2.24. The van der Waals surface area contributed by atoms with Gasteiger partial charge >= 0.3 is 0 Å². The number of nitrogens with two attached hydrogens (primary N) is 1. The molecule has 2 aromatic rings. The molecule has 0 unspecified atom stereocenters. The van der Waals surface area contributed by atoms with E-state index in [0.29, 0.717) is 5.82 Å². The summed E-state index contributed by atoms with van der Waals surface area (Å²) in [6.45, 7) is 6.61. The number of benzene rings is 1. The third-order valence-corrected chi connectivity index (χ3v) is 2.92. The minimum absolute atomic E-state index is 0.167. The molecule has 1 aromatic heterocycles. The maximum absolute atomic E-state index is 5.34. The molecule has 0 aliphatic heterocycles. The summed E-state index contributed by atoms with van der Waals surface area (Å²) >= 11 is 0. The Morgan fingerprint density at radius 2 is 1.58 bits per heavy atom. The van der Waals surface area contributed by atoms with Gasteiger partial charge in [-0.25, -0.2) is 10.8 Å². The first-order valence-electron chi connectivity index (χ1n) is 6.30. The molecular formula is C15H20N4. The summed E-state index contributed by atoms with van der Waals surface area (Å²) < 4.78 is 0. The topological polar surface area (TPSA) is 63.0 Å². The fraction of sp³-hybridized carbons (Fsp3) is 0.267. The van der Waals surface area contributed by atoms with Crippen LogP contribution in [0.25, 0.3) is 0 Å². The average Bonchev–Trinajstić information content (AvgIpc) is 2.38. The third-order valence-electron chi connectivity index (χ3n) is 2.92. The smallest absolute Gasteiger partial charge is 0.142 e. The molecule has 0 bridgehead atoms. The number of hydrogen-bond acceptors (Lipinski definition) is 4. The maximum atomic E-state index is 5.34. The molecule has 0 atom stereocenters. The first kappa shape index (κ1) is 13.4. The van der Waals surface area contributed by atoms with Crippen molar-refractivity contribution in [2.24, 2.45) is 5.84 Å². The van der Waals surface area contributed by atoms with Crippen molar-refractivity contribution in [1.82, 2.24) is 4.98 Å². The second-order valence-corrected chi connectivity index (χ2v) is 5.50. The Balaban J connectivity index is 2.15. The van der Waals surface area contributed by atoms with Gasteiger partial charge in [0.1, 0.15) is 11.6 Å². The van der Waals surface area contributed by atoms with E-state index in [9.17, 15) is 0 Å². The van der Waals surface area contributed by atoms with E-state index >= 15 is 0 Å². The summed E-state index contributed by atoms with van der Waals surface area (Å²) in [6.07, 6.45) is 0. The van der Waals surface area contributed by atoms with Crippen molar-refractivity contribution in [3.8, 4) is 0 Å². The van der Waals surface area contributed by atoms with E-state index < -0.39 is 0 Å². The van der Waals surface area contributed by atoms with Crippen LogP contribution in [0.5, 0.6) is 0 Å². The molecule has 2 rings (SSSR count). The number of rotatable bonds is 3. The zero-order chi connectivity index (χ0) is 13.9. The first-order chi connectivity index (χ1) is 8.99. The molecular weight excluding hydrogens is 236 g/mol. The quantitative estimate of drug-likeness (QED) is 0.581. The fourth-order valence-corrected chi connectivity index (χ4v) is 1.79. The van der Waals surface area contributed by atoms with Crippen LogP contribution < -0.4 is 16.6 Å². The molecule has 19 heavy (non-hydrogen) atoms. The van der Waals surface area contributed by atoms with Gasteiger partial charge in [0.05, 0.1) is 0 Å². The molecule has 0 amide bonds. The monoisotopic (exact) mass is 256 g/mol. The van der Waals surface area contributed by atoms with E-state index in [1.54, 1.807) is 0 Å². The van der Waals surface area contributed by atoms with Crippen molar-refractivity contribution in [2.75, 3.05) is 10.7 Å². The zero-order valence-corrected chi connectivity index (χ0v) is 11.6. The van der Waals surface area contributed by atoms with Crippen molar-refractivity contribution < 1.29 is 0 Å². The molecule has 1 heterocycles. The van der Waals surface area contributed by atoms with Crippen molar-refractivity contribution in [1.29, 1.82) is 0 Å². The van der Waals surface area contributed by atoms with Crippen molar-refractivity contribution >= 4 is 17.3 Å². The van der Waals surface area contributed by atoms with Crippen LogP contribution in [-0.2, 0) is 5.41 Å². The Kier molecular flexibility index (Phi) is 3.71. The molecule has 0 saturated carbocycles. The van der Waals surface area contributed by atoms with Crippen molar-refractivity contribution in [2.45, 2.75) is 26.2 Å². The van der Waals surface area contributed by atoms with Crippen LogP contribution in [-0.4, -0.2) is 4.98 Å². The molecule has 1 aromatic carbocycles. The third kappa shape index (κ3) is 3.45. The van der Waals surface area contributed by atoms with E-state index in [0.717, 1.165) is 11.5 Å². The van der Waals surface area contributed by atoms with E-state index in [1.165, 1.54) is 5.56 Å². The number of hydrazine groups is 1. The first-order valence-corrected chi connectivity index (χ1v) is 6.30. The Hall–Kier alpha value is -2.07. The predicted molar refractivity (Wildman–Crippen MR) is 80.5 cm³/mol. The van der Waals surface area contributed by atoms with E-state index in [2.05, 4.69) is 60.8 Å². The number of aromatic nitrogens is 1. The average molecular weight is 256 g/mol. The van der Waals surface area contributed by atoms with E-state index in [4.69, 9.17) is 5.84 Å². The Morgan fingerprint density at radius 3 is 2.16 bits per heavy atom. The lowest BCUT2D eigenvalue weighted by molar-refractivity contribution is 0.590. The molecule has 0 aliphatic rings. The molecule has 0 saturated heterocycles. The standard InChI is InChI=1S/C15H20N4/c1-15(2,3)11-7-9-12(10-8-11)17-13-5-4-6-14(18-13)19-16/h4-10H,16H2,1-3H3,(H2,17,18,19). The van der Waals surface area contributed by atoms with Crippen LogP contribution in [0.4, 0.5) is 17.3 Å².